The Hall–Kier alpha value is -1.71. The molecule has 126 valence electrons. The molecule has 1 aromatic rings. The quantitative estimate of drug-likeness (QED) is 0.871. The van der Waals surface area contributed by atoms with E-state index >= 15 is 0 Å². The van der Waals surface area contributed by atoms with Crippen molar-refractivity contribution in [3.8, 4) is 11.5 Å². The maximum Gasteiger partial charge on any atom is 0.314 e. The number of aliphatic carboxylic acids is 1. The third kappa shape index (κ3) is 3.04. The van der Waals surface area contributed by atoms with E-state index in [1.54, 1.807) is 18.2 Å². The lowest BCUT2D eigenvalue weighted by molar-refractivity contribution is -0.143. The first-order valence-electron chi connectivity index (χ1n) is 8.56. The lowest BCUT2D eigenvalue weighted by Crippen LogP contribution is -2.32. The highest BCUT2D eigenvalue weighted by Crippen LogP contribution is 2.45. The minimum atomic E-state index is -0.819. The Balaban J connectivity index is 1.86. The second-order valence-corrected chi connectivity index (χ2v) is 7.92. The summed E-state index contributed by atoms with van der Waals surface area (Å²) in [5.41, 5.74) is 0.208. The largest absolute Gasteiger partial charge is 0.504 e. The van der Waals surface area contributed by atoms with Crippen molar-refractivity contribution in [2.75, 3.05) is 0 Å². The molecule has 3 rings (SSSR count). The van der Waals surface area contributed by atoms with E-state index in [0.717, 1.165) is 37.7 Å². The van der Waals surface area contributed by atoms with Crippen molar-refractivity contribution < 1.29 is 19.7 Å². The van der Waals surface area contributed by atoms with Gasteiger partial charge in [0.2, 0.25) is 0 Å². The molecule has 0 amide bonds. The van der Waals surface area contributed by atoms with E-state index in [1.165, 1.54) is 0 Å². The van der Waals surface area contributed by atoms with Gasteiger partial charge in [0.1, 0.15) is 0 Å². The molecule has 0 aromatic heterocycles. The summed E-state index contributed by atoms with van der Waals surface area (Å²) in [4.78, 5) is 11.8. The first kappa shape index (κ1) is 16.2. The number of ether oxygens (including phenoxy) is 1. The van der Waals surface area contributed by atoms with Crippen molar-refractivity contribution in [2.24, 2.45) is 5.41 Å². The number of rotatable bonds is 4. The Bertz CT molecular complexity index is 599. The van der Waals surface area contributed by atoms with Crippen LogP contribution in [0.3, 0.4) is 0 Å². The molecule has 0 aliphatic heterocycles. The number of phenolic OH excluding ortho intramolecular Hbond substituents is 1. The maximum atomic E-state index is 11.8. The Morgan fingerprint density at radius 2 is 1.91 bits per heavy atom. The Morgan fingerprint density at radius 1 is 1.22 bits per heavy atom. The fourth-order valence-corrected chi connectivity index (χ4v) is 4.16. The van der Waals surface area contributed by atoms with Gasteiger partial charge < -0.3 is 14.9 Å². The highest BCUT2D eigenvalue weighted by atomic mass is 16.5. The lowest BCUT2D eigenvalue weighted by atomic mass is 9.79. The molecule has 1 aromatic carbocycles. The molecule has 2 saturated carbocycles. The molecule has 2 aliphatic carbocycles. The van der Waals surface area contributed by atoms with E-state index in [0.29, 0.717) is 18.6 Å². The third-order valence-corrected chi connectivity index (χ3v) is 5.60. The average molecular weight is 318 g/mol. The fourth-order valence-electron chi connectivity index (χ4n) is 4.16. The molecule has 4 nitrogen and oxygen atoms in total. The highest BCUT2D eigenvalue weighted by molar-refractivity contribution is 5.82. The molecule has 2 aliphatic rings. The standard InChI is InChI=1S/C19H26O4/c1-18(2)10-7-14(12-18)23-16-11-13(5-6-15(16)20)19(17(21)22)8-3-4-9-19/h5-6,11,14,20H,3-4,7-10,12H2,1-2H3,(H,21,22). The van der Waals surface area contributed by atoms with E-state index in [2.05, 4.69) is 13.8 Å². The number of carboxylic acids is 1. The number of carbonyl (C=O) groups is 1. The summed E-state index contributed by atoms with van der Waals surface area (Å²) < 4.78 is 6.02. The zero-order chi connectivity index (χ0) is 16.7. The van der Waals surface area contributed by atoms with Gasteiger partial charge in [-0.3, -0.25) is 4.79 Å². The first-order chi connectivity index (χ1) is 10.8. The number of aromatic hydroxyl groups is 1. The number of hydrogen-bond donors (Lipinski definition) is 2. The summed E-state index contributed by atoms with van der Waals surface area (Å²) >= 11 is 0. The van der Waals surface area contributed by atoms with Crippen LogP contribution in [-0.4, -0.2) is 22.3 Å². The van der Waals surface area contributed by atoms with E-state index in [1.807, 2.05) is 0 Å². The molecule has 0 spiro atoms. The van der Waals surface area contributed by atoms with Gasteiger partial charge in [0.05, 0.1) is 11.5 Å². The molecule has 1 atom stereocenters. The first-order valence-corrected chi connectivity index (χ1v) is 8.56. The Morgan fingerprint density at radius 3 is 2.48 bits per heavy atom. The van der Waals surface area contributed by atoms with Crippen molar-refractivity contribution in [3.05, 3.63) is 23.8 Å². The molecule has 2 fully saturated rings. The monoisotopic (exact) mass is 318 g/mol. The molecule has 0 bridgehead atoms. The number of phenols is 1. The summed E-state index contributed by atoms with van der Waals surface area (Å²) in [5.74, 6) is -0.247. The minimum Gasteiger partial charge on any atom is -0.504 e. The van der Waals surface area contributed by atoms with Crippen LogP contribution in [0.1, 0.15) is 64.4 Å². The normalized spacial score (nSPS) is 25.4. The number of hydrogen-bond acceptors (Lipinski definition) is 3. The molecule has 4 heteroatoms. The molecule has 0 heterocycles. The van der Waals surface area contributed by atoms with Gasteiger partial charge >= 0.3 is 5.97 Å². The van der Waals surface area contributed by atoms with Crippen molar-refractivity contribution in [2.45, 2.75) is 70.3 Å². The fraction of sp³-hybridized carbons (Fsp3) is 0.632. The van der Waals surface area contributed by atoms with Crippen LogP contribution in [0.5, 0.6) is 11.5 Å². The SMILES string of the molecule is CC1(C)CCC(Oc2cc(C3(C(=O)O)CCCC3)ccc2O)C1. The van der Waals surface area contributed by atoms with Gasteiger partial charge in [-0.25, -0.2) is 0 Å². The molecular formula is C19H26O4. The van der Waals surface area contributed by atoms with E-state index in [9.17, 15) is 15.0 Å². The molecule has 0 saturated heterocycles. The third-order valence-electron chi connectivity index (χ3n) is 5.60. The second kappa shape index (κ2) is 5.73. The maximum absolute atomic E-state index is 11.8. The van der Waals surface area contributed by atoms with E-state index < -0.39 is 11.4 Å². The van der Waals surface area contributed by atoms with Crippen LogP contribution in [0.4, 0.5) is 0 Å². The van der Waals surface area contributed by atoms with Crippen LogP contribution in [0.25, 0.3) is 0 Å². The highest BCUT2D eigenvalue weighted by Gasteiger charge is 2.43. The summed E-state index contributed by atoms with van der Waals surface area (Å²) in [6.45, 7) is 4.45. The van der Waals surface area contributed by atoms with E-state index in [4.69, 9.17) is 4.74 Å². The number of benzene rings is 1. The topological polar surface area (TPSA) is 66.8 Å². The van der Waals surface area contributed by atoms with Crippen molar-refractivity contribution >= 4 is 5.97 Å². The van der Waals surface area contributed by atoms with Gasteiger partial charge in [0, 0.05) is 0 Å². The molecule has 0 radical (unpaired) electrons. The van der Waals surface area contributed by atoms with Crippen molar-refractivity contribution in [1.29, 1.82) is 0 Å². The van der Waals surface area contributed by atoms with Gasteiger partial charge in [0.25, 0.3) is 0 Å². The molecule has 1 unspecified atom stereocenters. The van der Waals surface area contributed by atoms with Gasteiger partial charge in [-0.1, -0.05) is 32.8 Å². The summed E-state index contributed by atoms with van der Waals surface area (Å²) in [6, 6.07) is 5.06. The second-order valence-electron chi connectivity index (χ2n) is 7.92. The zero-order valence-electron chi connectivity index (χ0n) is 14.0. The minimum absolute atomic E-state index is 0.0931. The van der Waals surface area contributed by atoms with E-state index in [-0.39, 0.29) is 17.3 Å². The van der Waals surface area contributed by atoms with Crippen molar-refractivity contribution in [1.82, 2.24) is 0 Å². The predicted molar refractivity (Wildman–Crippen MR) is 87.9 cm³/mol. The molecule has 23 heavy (non-hydrogen) atoms. The zero-order valence-corrected chi connectivity index (χ0v) is 14.0. The predicted octanol–water partition coefficient (Wildman–Crippen LogP) is 4.25. The summed E-state index contributed by atoms with van der Waals surface area (Å²) in [5, 5.41) is 19.8. The summed E-state index contributed by atoms with van der Waals surface area (Å²) in [6.07, 6.45) is 6.31. The van der Waals surface area contributed by atoms with Crippen LogP contribution < -0.4 is 4.74 Å². The lowest BCUT2D eigenvalue weighted by Gasteiger charge is -2.26. The van der Waals surface area contributed by atoms with Crippen LogP contribution in [-0.2, 0) is 10.2 Å². The van der Waals surface area contributed by atoms with Crippen LogP contribution in [0, 0.1) is 5.41 Å². The Labute approximate surface area is 137 Å². The summed E-state index contributed by atoms with van der Waals surface area (Å²) in [7, 11) is 0. The van der Waals surface area contributed by atoms with Gasteiger partial charge in [-0.05, 0) is 55.2 Å². The van der Waals surface area contributed by atoms with Gasteiger partial charge in [0.15, 0.2) is 11.5 Å². The average Bonchev–Trinajstić information content (AvgIpc) is 3.09. The molecule has 2 N–H and O–H groups in total. The van der Waals surface area contributed by atoms with Crippen LogP contribution in [0.2, 0.25) is 0 Å². The molecular weight excluding hydrogens is 292 g/mol. The smallest absolute Gasteiger partial charge is 0.314 e. The van der Waals surface area contributed by atoms with Gasteiger partial charge in [-0.15, -0.1) is 0 Å². The number of carboxylic acid groups (broad SMARTS) is 1. The van der Waals surface area contributed by atoms with Crippen LogP contribution in [0.15, 0.2) is 18.2 Å². The Kier molecular flexibility index (Phi) is 4.03. The van der Waals surface area contributed by atoms with Gasteiger partial charge in [-0.2, -0.15) is 0 Å². The van der Waals surface area contributed by atoms with Crippen LogP contribution >= 0.6 is 0 Å². The van der Waals surface area contributed by atoms with Crippen molar-refractivity contribution in [3.63, 3.8) is 0 Å².